The average Bonchev–Trinajstić information content (AvgIpc) is 3.10. The summed E-state index contributed by atoms with van der Waals surface area (Å²) in [6.07, 6.45) is 0. The summed E-state index contributed by atoms with van der Waals surface area (Å²) in [5.41, 5.74) is 3.85. The molecule has 0 aliphatic carbocycles. The molecule has 5 nitrogen and oxygen atoms in total. The third kappa shape index (κ3) is 3.09. The summed E-state index contributed by atoms with van der Waals surface area (Å²) in [5.74, 6) is 1.43. The number of hydrogen-bond donors (Lipinski definition) is 1. The van der Waals surface area contributed by atoms with Gasteiger partial charge in [-0.3, -0.25) is 0 Å². The summed E-state index contributed by atoms with van der Waals surface area (Å²) in [4.78, 5) is 8.07. The molecule has 2 heterocycles. The van der Waals surface area contributed by atoms with Crippen LogP contribution in [0.2, 0.25) is 0 Å². The molecule has 0 radical (unpaired) electrons. The van der Waals surface area contributed by atoms with Crippen LogP contribution >= 0.6 is 0 Å². The molecule has 26 heavy (non-hydrogen) atoms. The molecule has 0 unspecified atom stereocenters. The lowest BCUT2D eigenvalue weighted by molar-refractivity contribution is 0.146. The van der Waals surface area contributed by atoms with Crippen LogP contribution in [0, 0.1) is 0 Å². The third-order valence-electron chi connectivity index (χ3n) is 4.32. The second kappa shape index (κ2) is 7.06. The van der Waals surface area contributed by atoms with Crippen molar-refractivity contribution in [2.45, 2.75) is 0 Å². The Morgan fingerprint density at radius 1 is 0.923 bits per heavy atom. The van der Waals surface area contributed by atoms with Crippen LogP contribution < -0.4 is 9.47 Å². The number of ether oxygens (including phenoxy) is 3. The van der Waals surface area contributed by atoms with E-state index in [0.29, 0.717) is 19.1 Å². The Balaban J connectivity index is 1.75. The van der Waals surface area contributed by atoms with E-state index in [0.717, 1.165) is 38.8 Å². The summed E-state index contributed by atoms with van der Waals surface area (Å²) >= 11 is 0. The Labute approximate surface area is 151 Å². The highest BCUT2D eigenvalue weighted by Crippen LogP contribution is 2.33. The molecular formula is C21H20N2O3. The first-order valence-electron chi connectivity index (χ1n) is 8.47. The second-order valence-electron chi connectivity index (χ2n) is 6.01. The van der Waals surface area contributed by atoms with E-state index in [-0.39, 0.29) is 0 Å². The zero-order chi connectivity index (χ0) is 17.9. The van der Waals surface area contributed by atoms with Gasteiger partial charge in [-0.1, -0.05) is 18.2 Å². The molecule has 2 aromatic carbocycles. The maximum atomic E-state index is 5.70. The SMILES string of the molecule is COCCOc1ccc2[nH]c(-c3cc4ccccc4nc3OC)cc2c1. The summed E-state index contributed by atoms with van der Waals surface area (Å²) in [6.45, 7) is 1.10. The molecule has 4 aromatic rings. The van der Waals surface area contributed by atoms with E-state index in [1.165, 1.54) is 0 Å². The van der Waals surface area contributed by atoms with Crippen molar-refractivity contribution in [1.82, 2.24) is 9.97 Å². The first kappa shape index (κ1) is 16.4. The minimum atomic E-state index is 0.529. The summed E-state index contributed by atoms with van der Waals surface area (Å²) in [6, 6.07) is 18.2. The Hall–Kier alpha value is -3.05. The first-order valence-corrected chi connectivity index (χ1v) is 8.47. The molecule has 0 fully saturated rings. The number of nitrogens with one attached hydrogen (secondary N) is 1. The molecule has 0 aliphatic heterocycles. The van der Waals surface area contributed by atoms with E-state index in [1.807, 2.05) is 36.4 Å². The molecule has 0 saturated carbocycles. The van der Waals surface area contributed by atoms with E-state index in [9.17, 15) is 0 Å². The molecular weight excluding hydrogens is 328 g/mol. The number of fused-ring (bicyclic) bond motifs is 2. The fraction of sp³-hybridized carbons (Fsp3) is 0.190. The number of aromatic nitrogens is 2. The van der Waals surface area contributed by atoms with Gasteiger partial charge in [0.2, 0.25) is 5.88 Å². The van der Waals surface area contributed by atoms with Crippen LogP contribution in [0.25, 0.3) is 33.1 Å². The van der Waals surface area contributed by atoms with Gasteiger partial charge in [-0.25, -0.2) is 4.98 Å². The van der Waals surface area contributed by atoms with Crippen LogP contribution in [0.15, 0.2) is 54.6 Å². The van der Waals surface area contributed by atoms with Gasteiger partial charge in [-0.05, 0) is 36.4 Å². The molecule has 0 amide bonds. The van der Waals surface area contributed by atoms with Gasteiger partial charge in [-0.15, -0.1) is 0 Å². The number of nitrogens with zero attached hydrogens (tertiary/aromatic N) is 1. The monoisotopic (exact) mass is 348 g/mol. The van der Waals surface area contributed by atoms with Gasteiger partial charge in [0.15, 0.2) is 0 Å². The van der Waals surface area contributed by atoms with Gasteiger partial charge in [0, 0.05) is 23.4 Å². The van der Waals surface area contributed by atoms with Crippen molar-refractivity contribution in [1.29, 1.82) is 0 Å². The molecule has 0 bridgehead atoms. The van der Waals surface area contributed by atoms with E-state index in [2.05, 4.69) is 28.2 Å². The second-order valence-corrected chi connectivity index (χ2v) is 6.01. The van der Waals surface area contributed by atoms with Crippen molar-refractivity contribution in [2.75, 3.05) is 27.4 Å². The maximum Gasteiger partial charge on any atom is 0.223 e. The van der Waals surface area contributed by atoms with Crippen molar-refractivity contribution in [3.05, 3.63) is 54.6 Å². The highest BCUT2D eigenvalue weighted by Gasteiger charge is 2.12. The number of rotatable bonds is 6. The molecule has 4 rings (SSSR count). The lowest BCUT2D eigenvalue weighted by Gasteiger charge is -2.08. The largest absolute Gasteiger partial charge is 0.491 e. The normalized spacial score (nSPS) is 11.2. The highest BCUT2D eigenvalue weighted by molar-refractivity contribution is 5.91. The van der Waals surface area contributed by atoms with Crippen molar-refractivity contribution in [2.24, 2.45) is 0 Å². The van der Waals surface area contributed by atoms with Gasteiger partial charge >= 0.3 is 0 Å². The van der Waals surface area contributed by atoms with E-state index in [4.69, 9.17) is 14.2 Å². The molecule has 1 N–H and O–H groups in total. The summed E-state index contributed by atoms with van der Waals surface area (Å²) in [5, 5.41) is 2.15. The zero-order valence-corrected chi connectivity index (χ0v) is 14.8. The van der Waals surface area contributed by atoms with E-state index in [1.54, 1.807) is 14.2 Å². The molecule has 0 spiro atoms. The van der Waals surface area contributed by atoms with Crippen LogP contribution in [-0.2, 0) is 4.74 Å². The Kier molecular flexibility index (Phi) is 4.46. The zero-order valence-electron chi connectivity index (χ0n) is 14.8. The number of H-pyrrole nitrogens is 1. The molecule has 0 aliphatic rings. The highest BCUT2D eigenvalue weighted by atomic mass is 16.5. The number of aromatic amines is 1. The van der Waals surface area contributed by atoms with Gasteiger partial charge in [0.1, 0.15) is 12.4 Å². The molecule has 0 saturated heterocycles. The predicted octanol–water partition coefficient (Wildman–Crippen LogP) is 4.42. The van der Waals surface area contributed by atoms with Gasteiger partial charge in [-0.2, -0.15) is 0 Å². The fourth-order valence-electron chi connectivity index (χ4n) is 3.04. The topological polar surface area (TPSA) is 56.4 Å². The lowest BCUT2D eigenvalue weighted by Crippen LogP contribution is -2.03. The van der Waals surface area contributed by atoms with E-state index >= 15 is 0 Å². The average molecular weight is 348 g/mol. The molecule has 132 valence electrons. The van der Waals surface area contributed by atoms with Crippen molar-refractivity contribution < 1.29 is 14.2 Å². The fourth-order valence-corrected chi connectivity index (χ4v) is 3.04. The lowest BCUT2D eigenvalue weighted by atomic mass is 10.1. The number of para-hydroxylation sites is 1. The quantitative estimate of drug-likeness (QED) is 0.524. The third-order valence-corrected chi connectivity index (χ3v) is 4.32. The molecule has 5 heteroatoms. The minimum absolute atomic E-state index is 0.529. The maximum absolute atomic E-state index is 5.70. The first-order chi connectivity index (χ1) is 12.8. The van der Waals surface area contributed by atoms with Gasteiger partial charge in [0.05, 0.1) is 30.5 Å². The van der Waals surface area contributed by atoms with Crippen LogP contribution in [-0.4, -0.2) is 37.4 Å². The van der Waals surface area contributed by atoms with E-state index < -0.39 is 0 Å². The van der Waals surface area contributed by atoms with Crippen LogP contribution in [0.4, 0.5) is 0 Å². The molecule has 0 atom stereocenters. The Bertz CT molecular complexity index is 1060. The predicted molar refractivity (Wildman–Crippen MR) is 103 cm³/mol. The summed E-state index contributed by atoms with van der Waals surface area (Å²) < 4.78 is 16.2. The standard InChI is InChI=1S/C21H20N2O3/c1-24-9-10-26-16-7-8-19-15(11-16)13-20(22-19)17-12-14-5-3-4-6-18(14)23-21(17)25-2/h3-8,11-13,22H,9-10H2,1-2H3. The van der Waals surface area contributed by atoms with Crippen molar-refractivity contribution >= 4 is 21.8 Å². The van der Waals surface area contributed by atoms with Crippen LogP contribution in [0.3, 0.4) is 0 Å². The summed E-state index contributed by atoms with van der Waals surface area (Å²) in [7, 11) is 3.31. The number of hydrogen-bond acceptors (Lipinski definition) is 4. The number of benzene rings is 2. The van der Waals surface area contributed by atoms with Gasteiger partial charge in [0.25, 0.3) is 0 Å². The van der Waals surface area contributed by atoms with Crippen molar-refractivity contribution in [3.63, 3.8) is 0 Å². The Morgan fingerprint density at radius 2 is 1.81 bits per heavy atom. The van der Waals surface area contributed by atoms with Crippen LogP contribution in [0.1, 0.15) is 0 Å². The smallest absolute Gasteiger partial charge is 0.223 e. The Morgan fingerprint density at radius 3 is 2.65 bits per heavy atom. The van der Waals surface area contributed by atoms with Crippen LogP contribution in [0.5, 0.6) is 11.6 Å². The molecule has 2 aromatic heterocycles. The van der Waals surface area contributed by atoms with Gasteiger partial charge < -0.3 is 19.2 Å². The minimum Gasteiger partial charge on any atom is -0.491 e. The number of methoxy groups -OCH3 is 2. The van der Waals surface area contributed by atoms with Crippen molar-refractivity contribution in [3.8, 4) is 22.9 Å². The number of pyridine rings is 1.